The Bertz CT molecular complexity index is 687. The van der Waals surface area contributed by atoms with Gasteiger partial charge in [-0.05, 0) is 24.4 Å². The Balaban J connectivity index is 1.55. The molecule has 0 aliphatic carbocycles. The summed E-state index contributed by atoms with van der Waals surface area (Å²) < 4.78 is 2.69. The molecule has 3 rings (SSSR count). The first-order chi connectivity index (χ1) is 11.3. The third-order valence-electron chi connectivity index (χ3n) is 3.68. The minimum Gasteiger partial charge on any atom is -0.357 e. The van der Waals surface area contributed by atoms with Gasteiger partial charge in [-0.1, -0.05) is 23.5 Å². The van der Waals surface area contributed by atoms with Gasteiger partial charge in [-0.15, -0.1) is 11.7 Å². The summed E-state index contributed by atoms with van der Waals surface area (Å²) in [6.07, 6.45) is 3.65. The third kappa shape index (κ3) is 4.15. The number of hydrogen-bond donors (Lipinski definition) is 1. The lowest BCUT2D eigenvalue weighted by atomic mass is 10.3. The van der Waals surface area contributed by atoms with Crippen LogP contribution in [0.2, 0.25) is 0 Å². The molecule has 1 saturated heterocycles. The molecule has 0 unspecified atom stereocenters. The molecule has 8 heteroatoms. The number of anilines is 2. The van der Waals surface area contributed by atoms with E-state index in [1.807, 2.05) is 29.1 Å². The Morgan fingerprint density at radius 3 is 2.83 bits per heavy atom. The van der Waals surface area contributed by atoms with E-state index in [-0.39, 0.29) is 0 Å². The van der Waals surface area contributed by atoms with E-state index in [1.165, 1.54) is 11.3 Å². The predicted molar refractivity (Wildman–Crippen MR) is 97.6 cm³/mol. The highest BCUT2D eigenvalue weighted by molar-refractivity contribution is 7.73. The molecule has 2 aromatic heterocycles. The van der Waals surface area contributed by atoms with Crippen LogP contribution in [0.1, 0.15) is 0 Å². The van der Waals surface area contributed by atoms with E-state index < -0.39 is 0 Å². The lowest BCUT2D eigenvalue weighted by Gasteiger charge is -2.35. The summed E-state index contributed by atoms with van der Waals surface area (Å²) in [5, 5.41) is 8.56. The second kappa shape index (κ2) is 7.67. The summed E-state index contributed by atoms with van der Waals surface area (Å²) in [5.74, 6) is 1.05. The van der Waals surface area contributed by atoms with E-state index in [0.717, 1.165) is 47.8 Å². The average Bonchev–Trinajstić information content (AvgIpc) is 2.94. The second-order valence-electron chi connectivity index (χ2n) is 5.28. The van der Waals surface area contributed by atoms with Crippen molar-refractivity contribution in [2.75, 3.05) is 42.9 Å². The summed E-state index contributed by atoms with van der Waals surface area (Å²) >= 11 is 6.90. The highest BCUT2D eigenvalue weighted by atomic mass is 32.1. The molecule has 0 aromatic carbocycles. The first-order valence-corrected chi connectivity index (χ1v) is 8.80. The predicted octanol–water partition coefficient (Wildman–Crippen LogP) is 2.45. The Morgan fingerprint density at radius 2 is 2.13 bits per heavy atom. The molecule has 2 aromatic rings. The van der Waals surface area contributed by atoms with Crippen molar-refractivity contribution in [1.29, 1.82) is 0 Å². The number of rotatable bonds is 6. The number of nitrogens with zero attached hydrogens (tertiary/aromatic N) is 5. The van der Waals surface area contributed by atoms with Crippen LogP contribution in [0.3, 0.4) is 0 Å². The van der Waals surface area contributed by atoms with Crippen LogP contribution in [0.4, 0.5) is 10.9 Å². The zero-order valence-electron chi connectivity index (χ0n) is 12.9. The largest absolute Gasteiger partial charge is 0.357 e. The van der Waals surface area contributed by atoms with Crippen LogP contribution in [-0.2, 0) is 6.67 Å². The number of piperazine rings is 1. The van der Waals surface area contributed by atoms with Crippen molar-refractivity contribution < 1.29 is 0 Å². The Hall–Kier alpha value is -1.77. The molecule has 0 spiro atoms. The highest BCUT2D eigenvalue weighted by Crippen LogP contribution is 2.16. The number of nitrogens with one attached hydrogen (secondary N) is 1. The molecular formula is C15H20N6S2. The Morgan fingerprint density at radius 1 is 1.30 bits per heavy atom. The summed E-state index contributed by atoms with van der Waals surface area (Å²) in [6.45, 7) is 9.02. The van der Waals surface area contributed by atoms with E-state index in [0.29, 0.717) is 6.54 Å². The smallest absolute Gasteiger partial charge is 0.204 e. The van der Waals surface area contributed by atoms with E-state index in [4.69, 9.17) is 12.2 Å². The van der Waals surface area contributed by atoms with E-state index in [2.05, 4.69) is 37.8 Å². The highest BCUT2D eigenvalue weighted by Gasteiger charge is 2.18. The second-order valence-corrected chi connectivity index (χ2v) is 6.90. The molecule has 6 nitrogen and oxygen atoms in total. The lowest BCUT2D eigenvalue weighted by Crippen LogP contribution is -2.47. The van der Waals surface area contributed by atoms with Crippen LogP contribution in [0.15, 0.2) is 37.1 Å². The zero-order valence-corrected chi connectivity index (χ0v) is 14.5. The van der Waals surface area contributed by atoms with Crippen LogP contribution in [-0.4, -0.2) is 52.4 Å². The molecule has 0 atom stereocenters. The van der Waals surface area contributed by atoms with Crippen molar-refractivity contribution >= 4 is 34.5 Å². The van der Waals surface area contributed by atoms with Crippen LogP contribution >= 0.6 is 23.6 Å². The van der Waals surface area contributed by atoms with Gasteiger partial charge >= 0.3 is 0 Å². The molecule has 1 aliphatic heterocycles. The van der Waals surface area contributed by atoms with E-state index >= 15 is 0 Å². The van der Waals surface area contributed by atoms with Gasteiger partial charge < -0.3 is 10.2 Å². The standard InChI is InChI=1S/C15H20N6S2/c1-2-6-17-14-18-21(15(22)23-14)12-19-8-10-20(11-9-19)13-5-3-4-7-16-13/h2-5,7H,1,6,8-12H2,(H,17,18). The maximum Gasteiger partial charge on any atom is 0.204 e. The van der Waals surface area contributed by atoms with E-state index in [9.17, 15) is 0 Å². The molecule has 3 heterocycles. The summed E-state index contributed by atoms with van der Waals surface area (Å²) in [5.41, 5.74) is 0. The Kier molecular flexibility index (Phi) is 5.37. The van der Waals surface area contributed by atoms with Crippen molar-refractivity contribution in [3.8, 4) is 0 Å². The molecule has 122 valence electrons. The lowest BCUT2D eigenvalue weighted by molar-refractivity contribution is 0.195. The topological polar surface area (TPSA) is 49.2 Å². The molecule has 1 fully saturated rings. The van der Waals surface area contributed by atoms with Crippen molar-refractivity contribution in [3.63, 3.8) is 0 Å². The maximum absolute atomic E-state index is 5.40. The summed E-state index contributed by atoms with van der Waals surface area (Å²) in [4.78, 5) is 9.10. The molecule has 0 bridgehead atoms. The summed E-state index contributed by atoms with van der Waals surface area (Å²) in [6, 6.07) is 6.03. The van der Waals surface area contributed by atoms with Gasteiger partial charge in [0.25, 0.3) is 0 Å². The van der Waals surface area contributed by atoms with Crippen LogP contribution < -0.4 is 10.2 Å². The number of aromatic nitrogens is 3. The number of hydrogen-bond acceptors (Lipinski definition) is 7. The monoisotopic (exact) mass is 348 g/mol. The van der Waals surface area contributed by atoms with Gasteiger partial charge in [0, 0.05) is 38.9 Å². The van der Waals surface area contributed by atoms with Crippen molar-refractivity contribution in [2.24, 2.45) is 0 Å². The SMILES string of the molecule is C=CCNc1nn(CN2CCN(c3ccccn3)CC2)c(=S)s1. The first-order valence-electron chi connectivity index (χ1n) is 7.57. The van der Waals surface area contributed by atoms with Crippen LogP contribution in [0.5, 0.6) is 0 Å². The fraction of sp³-hybridized carbons (Fsp3) is 0.400. The maximum atomic E-state index is 5.40. The van der Waals surface area contributed by atoms with Crippen molar-refractivity contribution in [1.82, 2.24) is 19.7 Å². The molecule has 0 saturated carbocycles. The summed E-state index contributed by atoms with van der Waals surface area (Å²) in [7, 11) is 0. The average molecular weight is 349 g/mol. The number of pyridine rings is 1. The van der Waals surface area contributed by atoms with Crippen molar-refractivity contribution in [2.45, 2.75) is 6.67 Å². The molecular weight excluding hydrogens is 328 g/mol. The molecule has 23 heavy (non-hydrogen) atoms. The normalized spacial score (nSPS) is 15.6. The van der Waals surface area contributed by atoms with Gasteiger partial charge in [0.1, 0.15) is 5.82 Å². The van der Waals surface area contributed by atoms with Crippen LogP contribution in [0, 0.1) is 3.95 Å². The van der Waals surface area contributed by atoms with Gasteiger partial charge in [-0.3, -0.25) is 4.90 Å². The molecule has 1 aliphatic rings. The Labute approximate surface area is 145 Å². The van der Waals surface area contributed by atoms with Gasteiger partial charge in [-0.2, -0.15) is 0 Å². The van der Waals surface area contributed by atoms with Gasteiger partial charge in [0.05, 0.1) is 6.67 Å². The molecule has 1 N–H and O–H groups in total. The first kappa shape index (κ1) is 16.1. The third-order valence-corrected chi connectivity index (χ3v) is 4.95. The van der Waals surface area contributed by atoms with Crippen LogP contribution in [0.25, 0.3) is 0 Å². The van der Waals surface area contributed by atoms with Gasteiger partial charge in [0.15, 0.2) is 3.95 Å². The molecule has 0 amide bonds. The zero-order chi connectivity index (χ0) is 16.1. The van der Waals surface area contributed by atoms with E-state index in [1.54, 1.807) is 0 Å². The van der Waals surface area contributed by atoms with Gasteiger partial charge in [-0.25, -0.2) is 9.67 Å². The quantitative estimate of drug-likeness (QED) is 0.639. The molecule has 0 radical (unpaired) electrons. The van der Waals surface area contributed by atoms with Crippen molar-refractivity contribution in [3.05, 3.63) is 41.0 Å². The fourth-order valence-corrected chi connectivity index (χ4v) is 3.47. The fourth-order valence-electron chi connectivity index (χ4n) is 2.48. The minimum absolute atomic E-state index is 0.699. The minimum atomic E-state index is 0.699. The van der Waals surface area contributed by atoms with Gasteiger partial charge in [0.2, 0.25) is 5.13 Å².